The first-order valence-electron chi connectivity index (χ1n) is 5.80. The van der Waals surface area contributed by atoms with Crippen LogP contribution >= 0.6 is 11.9 Å². The first-order valence-corrected chi connectivity index (χ1v) is 6.57. The highest BCUT2D eigenvalue weighted by atomic mass is 32.2. The fourth-order valence-electron chi connectivity index (χ4n) is 1.47. The SMILES string of the molecule is O=C(O)c1ccc(/C=N/SC(=O)c2ccccc2)cc1. The Kier molecular flexibility index (Phi) is 4.68. The molecular formula is C15H11NO3S. The molecule has 0 aliphatic carbocycles. The van der Waals surface area contributed by atoms with Crippen LogP contribution in [-0.2, 0) is 0 Å². The fourth-order valence-corrected chi connectivity index (χ4v) is 1.99. The van der Waals surface area contributed by atoms with Crippen LogP contribution in [0.5, 0.6) is 0 Å². The zero-order valence-electron chi connectivity index (χ0n) is 10.4. The quantitative estimate of drug-likeness (QED) is 0.691. The lowest BCUT2D eigenvalue weighted by molar-refractivity contribution is 0.0696. The van der Waals surface area contributed by atoms with Gasteiger partial charge in [-0.2, -0.15) is 0 Å². The van der Waals surface area contributed by atoms with Gasteiger partial charge in [-0.1, -0.05) is 42.5 Å². The summed E-state index contributed by atoms with van der Waals surface area (Å²) in [4.78, 5) is 22.4. The minimum absolute atomic E-state index is 0.135. The summed E-state index contributed by atoms with van der Waals surface area (Å²) in [7, 11) is 0. The van der Waals surface area contributed by atoms with Gasteiger partial charge in [-0.3, -0.25) is 4.79 Å². The molecule has 0 bridgehead atoms. The first kappa shape index (κ1) is 14.0. The predicted molar refractivity (Wildman–Crippen MR) is 79.4 cm³/mol. The summed E-state index contributed by atoms with van der Waals surface area (Å²) in [5.41, 5.74) is 1.55. The summed E-state index contributed by atoms with van der Waals surface area (Å²) < 4.78 is 3.99. The normalized spacial score (nSPS) is 10.6. The number of carboxylic acid groups (broad SMARTS) is 1. The molecule has 0 atom stereocenters. The van der Waals surface area contributed by atoms with Crippen molar-refractivity contribution in [1.82, 2.24) is 0 Å². The van der Waals surface area contributed by atoms with E-state index in [1.165, 1.54) is 18.3 Å². The average molecular weight is 285 g/mol. The first-order chi connectivity index (χ1) is 9.66. The van der Waals surface area contributed by atoms with Crippen LogP contribution in [-0.4, -0.2) is 22.4 Å². The van der Waals surface area contributed by atoms with Crippen LogP contribution in [0.3, 0.4) is 0 Å². The predicted octanol–water partition coefficient (Wildman–Crippen LogP) is 3.29. The number of nitrogens with zero attached hydrogens (tertiary/aromatic N) is 1. The van der Waals surface area contributed by atoms with Gasteiger partial charge in [-0.05, 0) is 17.7 Å². The fraction of sp³-hybridized carbons (Fsp3) is 0. The second-order valence-electron chi connectivity index (χ2n) is 3.91. The molecule has 20 heavy (non-hydrogen) atoms. The molecule has 2 rings (SSSR count). The van der Waals surface area contributed by atoms with Gasteiger partial charge in [-0.25, -0.2) is 9.19 Å². The van der Waals surface area contributed by atoms with Gasteiger partial charge in [0.15, 0.2) is 0 Å². The van der Waals surface area contributed by atoms with Crippen LogP contribution in [0.1, 0.15) is 26.3 Å². The standard InChI is InChI=1S/C15H11NO3S/c17-14(18)12-8-6-11(7-9-12)10-16-20-15(19)13-4-2-1-3-5-13/h1-10H,(H,17,18)/b16-10+. The Balaban J connectivity index is 1.96. The summed E-state index contributed by atoms with van der Waals surface area (Å²) in [5, 5.41) is 8.63. The maximum absolute atomic E-state index is 11.7. The van der Waals surface area contributed by atoms with Gasteiger partial charge in [0.05, 0.1) is 17.5 Å². The number of hydrogen-bond acceptors (Lipinski definition) is 4. The number of benzene rings is 2. The van der Waals surface area contributed by atoms with Crippen molar-refractivity contribution in [2.75, 3.05) is 0 Å². The zero-order valence-corrected chi connectivity index (χ0v) is 11.2. The van der Waals surface area contributed by atoms with E-state index in [-0.39, 0.29) is 10.7 Å². The molecule has 0 spiro atoms. The molecule has 2 aromatic carbocycles. The van der Waals surface area contributed by atoms with Crippen LogP contribution in [0.4, 0.5) is 0 Å². The summed E-state index contributed by atoms with van der Waals surface area (Å²) >= 11 is 0.849. The van der Waals surface area contributed by atoms with E-state index in [2.05, 4.69) is 4.40 Å². The van der Waals surface area contributed by atoms with E-state index in [1.54, 1.807) is 36.4 Å². The number of hydrogen-bond donors (Lipinski definition) is 1. The number of carbonyl (C=O) groups excluding carboxylic acids is 1. The molecule has 0 radical (unpaired) electrons. The molecule has 0 aliphatic rings. The van der Waals surface area contributed by atoms with Gasteiger partial charge in [0.25, 0.3) is 0 Å². The largest absolute Gasteiger partial charge is 0.478 e. The highest BCUT2D eigenvalue weighted by Gasteiger charge is 2.04. The van der Waals surface area contributed by atoms with Crippen LogP contribution in [0.15, 0.2) is 59.0 Å². The van der Waals surface area contributed by atoms with Crippen molar-refractivity contribution >= 4 is 29.2 Å². The molecule has 0 unspecified atom stereocenters. The van der Waals surface area contributed by atoms with Crippen molar-refractivity contribution in [3.63, 3.8) is 0 Å². The van der Waals surface area contributed by atoms with Gasteiger partial charge in [0.2, 0.25) is 5.12 Å². The molecule has 1 N–H and O–H groups in total. The van der Waals surface area contributed by atoms with Crippen molar-refractivity contribution in [3.8, 4) is 0 Å². The second kappa shape index (κ2) is 6.68. The van der Waals surface area contributed by atoms with E-state index in [9.17, 15) is 9.59 Å². The Hall–Kier alpha value is -2.40. The topological polar surface area (TPSA) is 66.7 Å². The monoisotopic (exact) mass is 285 g/mol. The van der Waals surface area contributed by atoms with Crippen molar-refractivity contribution < 1.29 is 14.7 Å². The van der Waals surface area contributed by atoms with Crippen LogP contribution in [0, 0.1) is 0 Å². The molecule has 0 fully saturated rings. The number of rotatable bonds is 4. The van der Waals surface area contributed by atoms with Gasteiger partial charge in [0.1, 0.15) is 0 Å². The Morgan fingerprint density at radius 2 is 1.60 bits per heavy atom. The molecule has 5 heteroatoms. The number of carboxylic acids is 1. The average Bonchev–Trinajstić information content (AvgIpc) is 2.48. The molecule has 2 aromatic rings. The summed E-state index contributed by atoms with van der Waals surface area (Å²) in [6.07, 6.45) is 1.52. The van der Waals surface area contributed by atoms with E-state index >= 15 is 0 Å². The lowest BCUT2D eigenvalue weighted by atomic mass is 10.1. The van der Waals surface area contributed by atoms with Crippen molar-refractivity contribution in [3.05, 3.63) is 71.3 Å². The highest BCUT2D eigenvalue weighted by Crippen LogP contribution is 2.13. The second-order valence-corrected chi connectivity index (χ2v) is 4.67. The maximum atomic E-state index is 11.7. The summed E-state index contributed by atoms with van der Waals surface area (Å²) in [6.45, 7) is 0. The van der Waals surface area contributed by atoms with Crippen molar-refractivity contribution in [1.29, 1.82) is 0 Å². The van der Waals surface area contributed by atoms with Crippen molar-refractivity contribution in [2.24, 2.45) is 4.40 Å². The van der Waals surface area contributed by atoms with Crippen LogP contribution in [0.25, 0.3) is 0 Å². The van der Waals surface area contributed by atoms with E-state index in [0.717, 1.165) is 17.5 Å². The van der Waals surface area contributed by atoms with Gasteiger partial charge >= 0.3 is 5.97 Å². The van der Waals surface area contributed by atoms with Gasteiger partial charge in [-0.15, -0.1) is 0 Å². The molecular weight excluding hydrogens is 274 g/mol. The molecule has 0 aliphatic heterocycles. The van der Waals surface area contributed by atoms with E-state index < -0.39 is 5.97 Å². The minimum atomic E-state index is -0.970. The molecule has 100 valence electrons. The third-order valence-corrected chi connectivity index (χ3v) is 3.12. The Labute approximate surface area is 120 Å². The third kappa shape index (κ3) is 3.80. The maximum Gasteiger partial charge on any atom is 0.335 e. The summed E-state index contributed by atoms with van der Waals surface area (Å²) in [6, 6.07) is 15.2. The van der Waals surface area contributed by atoms with E-state index in [0.29, 0.717) is 5.56 Å². The number of carbonyl (C=O) groups is 2. The Bertz CT molecular complexity index is 636. The summed E-state index contributed by atoms with van der Waals surface area (Å²) in [5.74, 6) is -0.970. The molecule has 0 aromatic heterocycles. The lowest BCUT2D eigenvalue weighted by Crippen LogP contribution is -1.95. The molecule has 4 nitrogen and oxygen atoms in total. The molecule has 0 saturated heterocycles. The number of aromatic carboxylic acids is 1. The van der Waals surface area contributed by atoms with E-state index in [1.807, 2.05) is 6.07 Å². The van der Waals surface area contributed by atoms with Crippen LogP contribution < -0.4 is 0 Å². The van der Waals surface area contributed by atoms with Crippen molar-refractivity contribution in [2.45, 2.75) is 0 Å². The zero-order chi connectivity index (χ0) is 14.4. The molecule has 0 heterocycles. The highest BCUT2D eigenvalue weighted by molar-refractivity contribution is 8.13. The lowest BCUT2D eigenvalue weighted by Gasteiger charge is -1.96. The van der Waals surface area contributed by atoms with E-state index in [4.69, 9.17) is 5.11 Å². The smallest absolute Gasteiger partial charge is 0.335 e. The van der Waals surface area contributed by atoms with Gasteiger partial charge in [0, 0.05) is 11.8 Å². The molecule has 0 saturated carbocycles. The molecule has 0 amide bonds. The Morgan fingerprint density at radius 1 is 0.950 bits per heavy atom. The third-order valence-electron chi connectivity index (χ3n) is 2.50. The minimum Gasteiger partial charge on any atom is -0.478 e. The van der Waals surface area contributed by atoms with Gasteiger partial charge < -0.3 is 5.11 Å². The Morgan fingerprint density at radius 3 is 2.20 bits per heavy atom. The van der Waals surface area contributed by atoms with Crippen LogP contribution in [0.2, 0.25) is 0 Å².